The number of carbonyl (C=O) groups is 2. The molecule has 2 aromatic carbocycles. The van der Waals surface area contributed by atoms with Crippen LogP contribution in [0.5, 0.6) is 0 Å². The predicted octanol–water partition coefficient (Wildman–Crippen LogP) is 3.55. The molecule has 11 heteroatoms. The zero-order valence-corrected chi connectivity index (χ0v) is 23.1. The van der Waals surface area contributed by atoms with Gasteiger partial charge >= 0.3 is 5.97 Å². The number of fused-ring (bicyclic) bond motifs is 1. The van der Waals surface area contributed by atoms with E-state index in [1.165, 1.54) is 12.1 Å². The third kappa shape index (κ3) is 7.82. The molecule has 38 heavy (non-hydrogen) atoms. The van der Waals surface area contributed by atoms with Gasteiger partial charge < -0.3 is 25.3 Å². The summed E-state index contributed by atoms with van der Waals surface area (Å²) in [7, 11) is 1.92. The van der Waals surface area contributed by atoms with Gasteiger partial charge in [0.25, 0.3) is 0 Å². The molecule has 0 aliphatic rings. The van der Waals surface area contributed by atoms with Gasteiger partial charge in [-0.15, -0.1) is 23.2 Å². The summed E-state index contributed by atoms with van der Waals surface area (Å²) in [6, 6.07) is 9.96. The first-order chi connectivity index (χ1) is 18.3. The molecule has 3 N–H and O–H groups in total. The molecule has 0 unspecified atom stereocenters. The van der Waals surface area contributed by atoms with Crippen LogP contribution in [0.25, 0.3) is 11.0 Å². The number of alkyl halides is 2. The Balaban J connectivity index is 1.66. The van der Waals surface area contributed by atoms with Crippen LogP contribution in [-0.4, -0.2) is 65.0 Å². The van der Waals surface area contributed by atoms with Crippen LogP contribution in [0.1, 0.15) is 24.7 Å². The van der Waals surface area contributed by atoms with Crippen molar-refractivity contribution in [2.24, 2.45) is 12.8 Å². The van der Waals surface area contributed by atoms with Crippen LogP contribution in [-0.2, 0) is 34.2 Å². The van der Waals surface area contributed by atoms with Crippen molar-refractivity contribution >= 4 is 51.8 Å². The van der Waals surface area contributed by atoms with Crippen molar-refractivity contribution in [2.75, 3.05) is 36.4 Å². The third-order valence-electron chi connectivity index (χ3n) is 6.29. The van der Waals surface area contributed by atoms with E-state index in [9.17, 15) is 14.0 Å². The van der Waals surface area contributed by atoms with Crippen LogP contribution >= 0.6 is 23.2 Å². The summed E-state index contributed by atoms with van der Waals surface area (Å²) in [5.74, 6) is 0.348. The number of hydrogen-bond donors (Lipinski definition) is 2. The van der Waals surface area contributed by atoms with Crippen molar-refractivity contribution < 1.29 is 18.7 Å². The monoisotopic (exact) mass is 565 g/mol. The molecule has 0 saturated heterocycles. The second-order valence-electron chi connectivity index (χ2n) is 8.91. The number of aryl methyl sites for hydroxylation is 2. The lowest BCUT2D eigenvalue weighted by Gasteiger charge is -2.22. The molecule has 0 aliphatic heterocycles. The van der Waals surface area contributed by atoms with E-state index in [1.807, 2.05) is 29.8 Å². The number of rotatable bonds is 14. The van der Waals surface area contributed by atoms with Crippen molar-refractivity contribution in [3.8, 4) is 0 Å². The van der Waals surface area contributed by atoms with Gasteiger partial charge in [0, 0.05) is 50.4 Å². The Labute approximate surface area is 232 Å². The quantitative estimate of drug-likeness (QED) is 0.229. The van der Waals surface area contributed by atoms with Crippen molar-refractivity contribution in [3.63, 3.8) is 0 Å². The molecular formula is C27H34Cl2FN5O3. The van der Waals surface area contributed by atoms with Crippen molar-refractivity contribution in [2.45, 2.75) is 38.3 Å². The molecule has 0 fully saturated rings. The highest BCUT2D eigenvalue weighted by atomic mass is 35.5. The van der Waals surface area contributed by atoms with Gasteiger partial charge in [0.2, 0.25) is 5.91 Å². The molecule has 1 aromatic heterocycles. The smallest absolute Gasteiger partial charge is 0.328 e. The van der Waals surface area contributed by atoms with Gasteiger partial charge in [0.1, 0.15) is 17.7 Å². The summed E-state index contributed by atoms with van der Waals surface area (Å²) in [4.78, 5) is 32.2. The summed E-state index contributed by atoms with van der Waals surface area (Å²) in [5, 5.41) is 2.70. The summed E-state index contributed by atoms with van der Waals surface area (Å²) in [6.45, 7) is 3.22. The fraction of sp³-hybridized carbons (Fsp3) is 0.444. The second kappa shape index (κ2) is 14.3. The fourth-order valence-electron chi connectivity index (χ4n) is 4.22. The topological polar surface area (TPSA) is 102 Å². The van der Waals surface area contributed by atoms with Gasteiger partial charge in [-0.3, -0.25) is 4.79 Å². The van der Waals surface area contributed by atoms with E-state index in [0.717, 1.165) is 22.5 Å². The van der Waals surface area contributed by atoms with Crippen LogP contribution in [0.4, 0.5) is 10.1 Å². The molecule has 206 valence electrons. The predicted molar refractivity (Wildman–Crippen MR) is 149 cm³/mol. The minimum Gasteiger partial charge on any atom is -0.464 e. The van der Waals surface area contributed by atoms with Gasteiger partial charge in [-0.2, -0.15) is 0 Å². The van der Waals surface area contributed by atoms with E-state index in [0.29, 0.717) is 43.3 Å². The highest BCUT2D eigenvalue weighted by Crippen LogP contribution is 2.23. The van der Waals surface area contributed by atoms with Crippen LogP contribution in [0.3, 0.4) is 0 Å². The molecule has 0 spiro atoms. The average molecular weight is 567 g/mol. The highest BCUT2D eigenvalue weighted by Gasteiger charge is 2.25. The standard InChI is InChI=1S/C27H34Cl2FN5O3/c1-3-38-27(37)23(16-18-4-6-19(30)7-5-18)33-26(36)21(31)9-11-25-32-22-17-20(8-10-24(22)34(25)2)35(14-12-28)15-13-29/h4-8,10,17,21,23H,3,9,11-16,31H2,1-2H3,(H,33,36)/t21-,23-/m0/s1. The third-order valence-corrected chi connectivity index (χ3v) is 6.63. The molecular weight excluding hydrogens is 532 g/mol. The molecule has 0 aliphatic carbocycles. The van der Waals surface area contributed by atoms with E-state index in [2.05, 4.69) is 10.2 Å². The zero-order chi connectivity index (χ0) is 27.7. The van der Waals surface area contributed by atoms with Crippen LogP contribution in [0.2, 0.25) is 0 Å². The van der Waals surface area contributed by atoms with Crippen molar-refractivity contribution in [3.05, 3.63) is 59.7 Å². The Hall–Kier alpha value is -2.88. The number of imidazole rings is 1. The number of amides is 1. The number of ether oxygens (including phenoxy) is 1. The molecule has 3 rings (SSSR count). The Morgan fingerprint density at radius 2 is 1.84 bits per heavy atom. The maximum atomic E-state index is 13.3. The summed E-state index contributed by atoms with van der Waals surface area (Å²) >= 11 is 11.9. The second-order valence-corrected chi connectivity index (χ2v) is 9.67. The van der Waals surface area contributed by atoms with E-state index in [-0.39, 0.29) is 18.8 Å². The summed E-state index contributed by atoms with van der Waals surface area (Å²) < 4.78 is 20.4. The minimum atomic E-state index is -0.933. The van der Waals surface area contributed by atoms with Crippen molar-refractivity contribution in [1.29, 1.82) is 0 Å². The number of aromatic nitrogens is 2. The number of benzene rings is 2. The fourth-order valence-corrected chi connectivity index (χ4v) is 4.63. The molecule has 3 aromatic rings. The van der Waals surface area contributed by atoms with Gasteiger partial charge in [0.15, 0.2) is 0 Å². The lowest BCUT2D eigenvalue weighted by molar-refractivity contribution is -0.147. The molecule has 1 amide bonds. The van der Waals surface area contributed by atoms with E-state index < -0.39 is 24.0 Å². The van der Waals surface area contributed by atoms with E-state index >= 15 is 0 Å². The Kier molecular flexibility index (Phi) is 11.2. The highest BCUT2D eigenvalue weighted by molar-refractivity contribution is 6.18. The number of nitrogens with zero attached hydrogens (tertiary/aromatic N) is 3. The molecule has 0 bridgehead atoms. The minimum absolute atomic E-state index is 0.162. The maximum absolute atomic E-state index is 13.3. The lowest BCUT2D eigenvalue weighted by Crippen LogP contribution is -2.50. The van der Waals surface area contributed by atoms with Gasteiger partial charge in [-0.25, -0.2) is 14.2 Å². The number of hydrogen-bond acceptors (Lipinski definition) is 6. The number of anilines is 1. The first kappa shape index (κ1) is 29.7. The first-order valence-electron chi connectivity index (χ1n) is 12.6. The molecule has 1 heterocycles. The van der Waals surface area contributed by atoms with Crippen LogP contribution in [0, 0.1) is 5.82 Å². The molecule has 0 radical (unpaired) electrons. The Bertz CT molecular complexity index is 1220. The normalized spacial score (nSPS) is 12.8. The number of carbonyl (C=O) groups excluding carboxylic acids is 2. The van der Waals surface area contributed by atoms with Gasteiger partial charge in [0.05, 0.1) is 23.7 Å². The number of halogens is 3. The zero-order valence-electron chi connectivity index (χ0n) is 21.6. The number of nitrogens with one attached hydrogen (secondary N) is 1. The Morgan fingerprint density at radius 1 is 1.16 bits per heavy atom. The average Bonchev–Trinajstić information content (AvgIpc) is 3.22. The molecule has 0 saturated carbocycles. The van der Waals surface area contributed by atoms with Crippen molar-refractivity contribution in [1.82, 2.24) is 14.9 Å². The lowest BCUT2D eigenvalue weighted by atomic mass is 10.0. The van der Waals surface area contributed by atoms with Crippen LogP contribution in [0.15, 0.2) is 42.5 Å². The SMILES string of the molecule is CCOC(=O)[C@H](Cc1ccc(F)cc1)NC(=O)[C@@H](N)CCc1nc2cc(N(CCCl)CCCl)ccc2n1C. The largest absolute Gasteiger partial charge is 0.464 e. The Morgan fingerprint density at radius 3 is 2.47 bits per heavy atom. The number of nitrogens with two attached hydrogens (primary N) is 1. The maximum Gasteiger partial charge on any atom is 0.328 e. The first-order valence-corrected chi connectivity index (χ1v) is 13.6. The van der Waals surface area contributed by atoms with Gasteiger partial charge in [-0.05, 0) is 49.2 Å². The van der Waals surface area contributed by atoms with E-state index in [1.54, 1.807) is 19.1 Å². The van der Waals surface area contributed by atoms with Gasteiger partial charge in [-0.1, -0.05) is 12.1 Å². The molecule has 8 nitrogen and oxygen atoms in total. The summed E-state index contributed by atoms with van der Waals surface area (Å²) in [5.41, 5.74) is 9.66. The van der Waals surface area contributed by atoms with Crippen LogP contribution < -0.4 is 16.0 Å². The van der Waals surface area contributed by atoms with E-state index in [4.69, 9.17) is 38.7 Å². The molecule has 2 atom stereocenters. The summed E-state index contributed by atoms with van der Waals surface area (Å²) in [6.07, 6.45) is 0.950. The number of esters is 1.